The predicted molar refractivity (Wildman–Crippen MR) is 100.0 cm³/mol. The van der Waals surface area contributed by atoms with Crippen LogP contribution in [0.3, 0.4) is 0 Å². The second-order valence-electron chi connectivity index (χ2n) is 6.87. The molecule has 1 fully saturated rings. The highest BCUT2D eigenvalue weighted by atomic mass is 16.2. The van der Waals surface area contributed by atoms with E-state index in [1.165, 1.54) is 5.56 Å². The van der Waals surface area contributed by atoms with Crippen LogP contribution in [0.25, 0.3) is 0 Å². The second-order valence-corrected chi connectivity index (χ2v) is 6.87. The molecule has 0 aliphatic carbocycles. The summed E-state index contributed by atoms with van der Waals surface area (Å²) in [6, 6.07) is 16.7. The molecule has 1 atom stereocenters. The smallest absolute Gasteiger partial charge is 0.251 e. The molecule has 0 bridgehead atoms. The number of fused-ring (bicyclic) bond motifs is 3. The van der Waals surface area contributed by atoms with Crippen LogP contribution in [-0.2, 0) is 16.0 Å². The highest BCUT2D eigenvalue weighted by Gasteiger charge is 2.38. The number of carbonyl (C=O) groups is 3. The van der Waals surface area contributed by atoms with Gasteiger partial charge in [0.2, 0.25) is 11.8 Å². The minimum absolute atomic E-state index is 0.0384. The Kier molecular flexibility index (Phi) is 4.62. The van der Waals surface area contributed by atoms with Crippen molar-refractivity contribution >= 4 is 17.7 Å². The third-order valence-electron chi connectivity index (χ3n) is 5.24. The Labute approximate surface area is 157 Å². The zero-order chi connectivity index (χ0) is 18.8. The normalized spacial score (nSPS) is 18.5. The molecular formula is C21H21N3O3. The topological polar surface area (TPSA) is 69.7 Å². The van der Waals surface area contributed by atoms with Crippen molar-refractivity contribution in [2.24, 2.45) is 0 Å². The maximum atomic E-state index is 12.6. The zero-order valence-corrected chi connectivity index (χ0v) is 14.9. The molecule has 1 unspecified atom stereocenters. The van der Waals surface area contributed by atoms with Gasteiger partial charge in [-0.3, -0.25) is 14.4 Å². The number of carbonyl (C=O) groups excluding carboxylic acids is 3. The molecule has 0 saturated carbocycles. The highest BCUT2D eigenvalue weighted by Crippen LogP contribution is 2.32. The molecule has 0 radical (unpaired) electrons. The van der Waals surface area contributed by atoms with Crippen LogP contribution >= 0.6 is 0 Å². The minimum Gasteiger partial charge on any atom is -0.343 e. The Morgan fingerprint density at radius 1 is 1.04 bits per heavy atom. The van der Waals surface area contributed by atoms with E-state index in [1.54, 1.807) is 29.2 Å². The predicted octanol–water partition coefficient (Wildman–Crippen LogP) is 1.38. The van der Waals surface area contributed by atoms with E-state index in [-0.39, 0.29) is 36.9 Å². The van der Waals surface area contributed by atoms with E-state index in [2.05, 4.69) is 11.4 Å². The number of hydrogen-bond acceptors (Lipinski definition) is 3. The monoisotopic (exact) mass is 363 g/mol. The molecule has 2 aliphatic heterocycles. The van der Waals surface area contributed by atoms with Gasteiger partial charge in [-0.1, -0.05) is 42.5 Å². The van der Waals surface area contributed by atoms with Crippen molar-refractivity contribution in [3.63, 3.8) is 0 Å². The lowest BCUT2D eigenvalue weighted by molar-refractivity contribution is -0.148. The quantitative estimate of drug-likeness (QED) is 0.896. The molecule has 2 heterocycles. The number of rotatable bonds is 3. The SMILES string of the molecule is O=C(NCC(=O)N1CC(=O)N2CCc3ccccc3C2C1)c1ccccc1. The van der Waals surface area contributed by atoms with Crippen molar-refractivity contribution in [1.82, 2.24) is 15.1 Å². The van der Waals surface area contributed by atoms with Gasteiger partial charge >= 0.3 is 0 Å². The summed E-state index contributed by atoms with van der Waals surface area (Å²) >= 11 is 0. The van der Waals surface area contributed by atoms with Crippen LogP contribution in [0.15, 0.2) is 54.6 Å². The Morgan fingerprint density at radius 2 is 1.78 bits per heavy atom. The Bertz CT molecular complexity index is 881. The van der Waals surface area contributed by atoms with E-state index in [1.807, 2.05) is 29.2 Å². The maximum Gasteiger partial charge on any atom is 0.251 e. The van der Waals surface area contributed by atoms with Crippen molar-refractivity contribution in [1.29, 1.82) is 0 Å². The molecule has 0 aromatic heterocycles. The first-order valence-electron chi connectivity index (χ1n) is 9.12. The average Bonchev–Trinajstić information content (AvgIpc) is 2.72. The summed E-state index contributed by atoms with van der Waals surface area (Å²) in [6.45, 7) is 1.10. The van der Waals surface area contributed by atoms with Crippen LogP contribution in [0.4, 0.5) is 0 Å². The summed E-state index contributed by atoms with van der Waals surface area (Å²) < 4.78 is 0. The van der Waals surface area contributed by atoms with E-state index in [9.17, 15) is 14.4 Å². The van der Waals surface area contributed by atoms with Gasteiger partial charge in [0.05, 0.1) is 19.1 Å². The third kappa shape index (κ3) is 3.43. The molecule has 138 valence electrons. The lowest BCUT2D eigenvalue weighted by Crippen LogP contribution is -2.57. The van der Waals surface area contributed by atoms with E-state index in [0.29, 0.717) is 18.7 Å². The maximum absolute atomic E-state index is 12.6. The number of nitrogens with zero attached hydrogens (tertiary/aromatic N) is 2. The summed E-state index contributed by atoms with van der Waals surface area (Å²) in [7, 11) is 0. The van der Waals surface area contributed by atoms with Gasteiger partial charge in [-0.05, 0) is 29.7 Å². The Balaban J connectivity index is 1.43. The van der Waals surface area contributed by atoms with Gasteiger partial charge in [0.25, 0.3) is 5.91 Å². The van der Waals surface area contributed by atoms with Crippen LogP contribution in [0.2, 0.25) is 0 Å². The Hall–Kier alpha value is -3.15. The Morgan fingerprint density at radius 3 is 2.59 bits per heavy atom. The summed E-state index contributed by atoms with van der Waals surface area (Å²) in [5.74, 6) is -0.573. The van der Waals surface area contributed by atoms with Gasteiger partial charge in [-0.15, -0.1) is 0 Å². The van der Waals surface area contributed by atoms with Crippen LogP contribution < -0.4 is 5.32 Å². The molecule has 1 saturated heterocycles. The largest absolute Gasteiger partial charge is 0.343 e. The van der Waals surface area contributed by atoms with Gasteiger partial charge in [-0.2, -0.15) is 0 Å². The van der Waals surface area contributed by atoms with Gasteiger partial charge < -0.3 is 15.1 Å². The first-order chi connectivity index (χ1) is 13.1. The summed E-state index contributed by atoms with van der Waals surface area (Å²) in [5.41, 5.74) is 2.86. The van der Waals surface area contributed by atoms with Crippen molar-refractivity contribution in [3.05, 3.63) is 71.3 Å². The molecule has 4 rings (SSSR count). The number of nitrogens with one attached hydrogen (secondary N) is 1. The van der Waals surface area contributed by atoms with Crippen LogP contribution in [0.5, 0.6) is 0 Å². The minimum atomic E-state index is -0.295. The van der Waals surface area contributed by atoms with Crippen LogP contribution in [0, 0.1) is 0 Å². The van der Waals surface area contributed by atoms with E-state index >= 15 is 0 Å². The van der Waals surface area contributed by atoms with Crippen LogP contribution in [0.1, 0.15) is 27.5 Å². The molecule has 6 heteroatoms. The first kappa shape index (κ1) is 17.3. The van der Waals surface area contributed by atoms with Gasteiger partial charge in [0, 0.05) is 18.7 Å². The van der Waals surface area contributed by atoms with Gasteiger partial charge in [0.1, 0.15) is 0 Å². The van der Waals surface area contributed by atoms with Crippen molar-refractivity contribution < 1.29 is 14.4 Å². The third-order valence-corrected chi connectivity index (χ3v) is 5.24. The second kappa shape index (κ2) is 7.23. The standard InChI is InChI=1S/C21H21N3O3/c25-19(12-22-21(27)16-7-2-1-3-8-16)23-13-18-17-9-5-4-6-15(17)10-11-24(18)20(26)14-23/h1-9,18H,10-14H2,(H,22,27). The molecule has 6 nitrogen and oxygen atoms in total. The average molecular weight is 363 g/mol. The molecular weight excluding hydrogens is 342 g/mol. The van der Waals surface area contributed by atoms with Gasteiger partial charge in [-0.25, -0.2) is 0 Å². The number of amides is 3. The molecule has 2 aromatic carbocycles. The van der Waals surface area contributed by atoms with Crippen molar-refractivity contribution in [2.75, 3.05) is 26.2 Å². The number of piperazine rings is 1. The van der Waals surface area contributed by atoms with E-state index < -0.39 is 0 Å². The first-order valence-corrected chi connectivity index (χ1v) is 9.12. The highest BCUT2D eigenvalue weighted by molar-refractivity contribution is 5.97. The molecule has 27 heavy (non-hydrogen) atoms. The van der Waals surface area contributed by atoms with Crippen molar-refractivity contribution in [3.8, 4) is 0 Å². The summed E-state index contributed by atoms with van der Waals surface area (Å²) in [6.07, 6.45) is 0.847. The fourth-order valence-corrected chi connectivity index (χ4v) is 3.82. The fraction of sp³-hybridized carbons (Fsp3) is 0.286. The van der Waals surface area contributed by atoms with Crippen molar-refractivity contribution in [2.45, 2.75) is 12.5 Å². The van der Waals surface area contributed by atoms with E-state index in [4.69, 9.17) is 0 Å². The molecule has 0 spiro atoms. The summed E-state index contributed by atoms with van der Waals surface area (Å²) in [4.78, 5) is 40.7. The fourth-order valence-electron chi connectivity index (χ4n) is 3.82. The number of hydrogen-bond donors (Lipinski definition) is 1. The zero-order valence-electron chi connectivity index (χ0n) is 14.9. The molecule has 3 amide bonds. The summed E-state index contributed by atoms with van der Waals surface area (Å²) in [5, 5.41) is 2.65. The van der Waals surface area contributed by atoms with E-state index in [0.717, 1.165) is 12.0 Å². The lowest BCUT2D eigenvalue weighted by atomic mass is 9.91. The molecule has 2 aliphatic rings. The van der Waals surface area contributed by atoms with Crippen LogP contribution in [-0.4, -0.2) is 53.7 Å². The molecule has 2 aromatic rings. The lowest BCUT2D eigenvalue weighted by Gasteiger charge is -2.44. The number of benzene rings is 2. The molecule has 1 N–H and O–H groups in total. The van der Waals surface area contributed by atoms with Gasteiger partial charge in [0.15, 0.2) is 0 Å².